The molecule has 1 N–H and O–H groups in total. The summed E-state index contributed by atoms with van der Waals surface area (Å²) in [6, 6.07) is 1.35. The number of rotatable bonds is 6. The van der Waals surface area contributed by atoms with Crippen molar-refractivity contribution in [3.05, 3.63) is 50.1 Å². The van der Waals surface area contributed by atoms with Crippen molar-refractivity contribution in [2.75, 3.05) is 12.3 Å². The number of nitrogens with one attached hydrogen (secondary N) is 1. The first kappa shape index (κ1) is 18.9. The second-order valence-electron chi connectivity index (χ2n) is 7.13. The molecule has 0 bridgehead atoms. The minimum atomic E-state index is -0.167. The molecule has 4 rings (SSSR count). The summed E-state index contributed by atoms with van der Waals surface area (Å²) >= 11 is 1.54. The molecule has 8 nitrogen and oxygen atoms in total. The molecule has 2 aliphatic rings. The topological polar surface area (TPSA) is 98.9 Å². The van der Waals surface area contributed by atoms with Gasteiger partial charge in [0.15, 0.2) is 5.16 Å². The maximum atomic E-state index is 12.8. The second-order valence-corrected chi connectivity index (χ2v) is 8.12. The molecule has 1 aliphatic heterocycles. The predicted octanol–water partition coefficient (Wildman–Crippen LogP) is 0.704. The van der Waals surface area contributed by atoms with Gasteiger partial charge >= 0.3 is 0 Å². The predicted molar refractivity (Wildman–Crippen MR) is 106 cm³/mol. The van der Waals surface area contributed by atoms with Crippen LogP contribution in [0.4, 0.5) is 0 Å². The van der Waals surface area contributed by atoms with Gasteiger partial charge in [0.05, 0.1) is 18.1 Å². The van der Waals surface area contributed by atoms with Gasteiger partial charge in [0.25, 0.3) is 11.1 Å². The van der Waals surface area contributed by atoms with E-state index in [9.17, 15) is 14.4 Å². The van der Waals surface area contributed by atoms with Crippen molar-refractivity contribution in [3.63, 3.8) is 0 Å². The highest BCUT2D eigenvalue weighted by Crippen LogP contribution is 2.33. The summed E-state index contributed by atoms with van der Waals surface area (Å²) in [5, 5.41) is 3.58. The Bertz CT molecular complexity index is 1030. The lowest BCUT2D eigenvalue weighted by molar-refractivity contribution is -0.121. The van der Waals surface area contributed by atoms with Gasteiger partial charge in [-0.15, -0.1) is 0 Å². The highest BCUT2D eigenvalue weighted by Gasteiger charge is 2.30. The van der Waals surface area contributed by atoms with Crippen molar-refractivity contribution < 1.29 is 4.79 Å². The van der Waals surface area contributed by atoms with Crippen LogP contribution in [0.1, 0.15) is 42.8 Å². The summed E-state index contributed by atoms with van der Waals surface area (Å²) in [5.41, 5.74) is 2.41. The van der Waals surface area contributed by atoms with E-state index in [1.165, 1.54) is 17.0 Å². The molecule has 1 amide bonds. The van der Waals surface area contributed by atoms with Crippen LogP contribution >= 0.6 is 11.8 Å². The van der Waals surface area contributed by atoms with Crippen LogP contribution < -0.4 is 16.4 Å². The van der Waals surface area contributed by atoms with Crippen molar-refractivity contribution in [3.8, 4) is 0 Å². The normalized spacial score (nSPS) is 17.4. The average Bonchev–Trinajstić information content (AvgIpc) is 3.31. The number of carbonyl (C=O) groups excluding carboxylic acids is 1. The van der Waals surface area contributed by atoms with E-state index in [0.717, 1.165) is 41.4 Å². The third-order valence-electron chi connectivity index (χ3n) is 5.27. The van der Waals surface area contributed by atoms with Crippen molar-refractivity contribution >= 4 is 17.7 Å². The number of thioether (sulfide) groups is 1. The summed E-state index contributed by atoms with van der Waals surface area (Å²) < 4.78 is 3.18. The van der Waals surface area contributed by atoms with Crippen LogP contribution in [0, 0.1) is 0 Å². The minimum Gasteiger partial charge on any atom is -0.354 e. The van der Waals surface area contributed by atoms with Gasteiger partial charge in [-0.1, -0.05) is 18.7 Å². The number of hydrogen-bond donors (Lipinski definition) is 1. The molecule has 2 aromatic rings. The van der Waals surface area contributed by atoms with E-state index in [1.54, 1.807) is 16.3 Å². The van der Waals surface area contributed by atoms with Crippen LogP contribution in [0.5, 0.6) is 0 Å². The van der Waals surface area contributed by atoms with E-state index in [2.05, 4.69) is 15.3 Å². The molecule has 3 heterocycles. The smallest absolute Gasteiger partial charge is 0.257 e. The Balaban J connectivity index is 1.36. The molecule has 0 radical (unpaired) electrons. The molecule has 0 spiro atoms. The van der Waals surface area contributed by atoms with E-state index in [1.807, 2.05) is 6.92 Å². The molecule has 1 atom stereocenters. The zero-order chi connectivity index (χ0) is 19.7. The Morgan fingerprint density at radius 2 is 2.21 bits per heavy atom. The van der Waals surface area contributed by atoms with Crippen molar-refractivity contribution in [2.24, 2.45) is 0 Å². The van der Waals surface area contributed by atoms with Gasteiger partial charge in [-0.3, -0.25) is 23.5 Å². The first-order chi connectivity index (χ1) is 13.6. The lowest BCUT2D eigenvalue weighted by Crippen LogP contribution is -2.34. The molecule has 0 fully saturated rings. The lowest BCUT2D eigenvalue weighted by Gasteiger charge is -2.14. The number of fused-ring (bicyclic) bond motifs is 2. The van der Waals surface area contributed by atoms with Crippen molar-refractivity contribution in [2.45, 2.75) is 56.8 Å². The maximum Gasteiger partial charge on any atom is 0.257 e. The average molecular weight is 401 g/mol. The Morgan fingerprint density at radius 1 is 1.36 bits per heavy atom. The largest absolute Gasteiger partial charge is 0.354 e. The van der Waals surface area contributed by atoms with Crippen molar-refractivity contribution in [1.82, 2.24) is 24.4 Å². The van der Waals surface area contributed by atoms with Gasteiger partial charge in [0.2, 0.25) is 5.91 Å². The SMILES string of the molecule is CCc1cc(=O)n(CCNC(=O)CC2CSc3nc4c(c(=O)n32)CCC4)cn1. The van der Waals surface area contributed by atoms with E-state index < -0.39 is 0 Å². The van der Waals surface area contributed by atoms with E-state index >= 15 is 0 Å². The fraction of sp³-hybridized carbons (Fsp3) is 0.526. The fourth-order valence-corrected chi connectivity index (χ4v) is 4.88. The Kier molecular flexibility index (Phi) is 5.34. The molecule has 1 unspecified atom stereocenters. The maximum absolute atomic E-state index is 12.8. The monoisotopic (exact) mass is 401 g/mol. The molecule has 28 heavy (non-hydrogen) atoms. The number of carbonyl (C=O) groups is 1. The molecule has 0 saturated carbocycles. The van der Waals surface area contributed by atoms with Gasteiger partial charge in [-0.05, 0) is 25.7 Å². The molecule has 0 saturated heterocycles. The molecule has 148 valence electrons. The van der Waals surface area contributed by atoms with Crippen LogP contribution in [0.25, 0.3) is 0 Å². The van der Waals surface area contributed by atoms with E-state index in [0.29, 0.717) is 25.3 Å². The first-order valence-electron chi connectivity index (χ1n) is 9.66. The van der Waals surface area contributed by atoms with E-state index in [-0.39, 0.29) is 29.5 Å². The van der Waals surface area contributed by atoms with Gasteiger partial charge in [0, 0.05) is 42.6 Å². The number of aromatic nitrogens is 4. The van der Waals surface area contributed by atoms with Crippen LogP contribution in [0.3, 0.4) is 0 Å². The van der Waals surface area contributed by atoms with E-state index in [4.69, 9.17) is 0 Å². The van der Waals surface area contributed by atoms with Crippen LogP contribution in [0.2, 0.25) is 0 Å². The highest BCUT2D eigenvalue weighted by molar-refractivity contribution is 7.99. The van der Waals surface area contributed by atoms with Crippen LogP contribution in [-0.2, 0) is 30.6 Å². The first-order valence-corrected chi connectivity index (χ1v) is 10.6. The Hall–Kier alpha value is -2.42. The third-order valence-corrected chi connectivity index (χ3v) is 6.36. The molecular formula is C19H23N5O3S. The number of amides is 1. The quantitative estimate of drug-likeness (QED) is 0.716. The summed E-state index contributed by atoms with van der Waals surface area (Å²) in [4.78, 5) is 46.0. The number of nitrogens with zero attached hydrogens (tertiary/aromatic N) is 4. The van der Waals surface area contributed by atoms with Crippen molar-refractivity contribution in [1.29, 1.82) is 0 Å². The highest BCUT2D eigenvalue weighted by atomic mass is 32.2. The third kappa shape index (κ3) is 3.63. The molecule has 1 aliphatic carbocycles. The lowest BCUT2D eigenvalue weighted by atomic mass is 10.2. The molecular weight excluding hydrogens is 378 g/mol. The molecule has 9 heteroatoms. The number of aryl methyl sites for hydroxylation is 2. The van der Waals surface area contributed by atoms with Gasteiger partial charge in [-0.25, -0.2) is 9.97 Å². The zero-order valence-electron chi connectivity index (χ0n) is 15.8. The summed E-state index contributed by atoms with van der Waals surface area (Å²) in [5.74, 6) is 0.553. The summed E-state index contributed by atoms with van der Waals surface area (Å²) in [6.45, 7) is 2.66. The standard InChI is InChI=1S/C19H23N5O3S/c1-2-12-8-17(26)23(11-21-12)7-6-20-16(25)9-13-10-28-19-22-15-5-3-4-14(15)18(27)24(13)19/h8,11,13H,2-7,9-10H2,1H3,(H,20,25). The van der Waals surface area contributed by atoms with Crippen LogP contribution in [0.15, 0.2) is 27.1 Å². The zero-order valence-corrected chi connectivity index (χ0v) is 16.6. The minimum absolute atomic E-state index is 0.0222. The van der Waals surface area contributed by atoms with Crippen LogP contribution in [-0.4, -0.2) is 37.3 Å². The fourth-order valence-electron chi connectivity index (χ4n) is 3.73. The molecule has 0 aromatic carbocycles. The summed E-state index contributed by atoms with van der Waals surface area (Å²) in [7, 11) is 0. The Labute approximate surface area is 166 Å². The molecule has 2 aromatic heterocycles. The Morgan fingerprint density at radius 3 is 3.00 bits per heavy atom. The van der Waals surface area contributed by atoms with Gasteiger partial charge < -0.3 is 5.32 Å². The summed E-state index contributed by atoms with van der Waals surface area (Å²) in [6.07, 6.45) is 5.10. The second kappa shape index (κ2) is 7.90. The van der Waals surface area contributed by atoms with Gasteiger partial charge in [0.1, 0.15) is 0 Å². The van der Waals surface area contributed by atoms with Gasteiger partial charge in [-0.2, -0.15) is 0 Å². The number of hydrogen-bond acceptors (Lipinski definition) is 6.